The summed E-state index contributed by atoms with van der Waals surface area (Å²) in [7, 11) is 0. The van der Waals surface area contributed by atoms with E-state index in [1.165, 1.54) is 48.3 Å². The predicted molar refractivity (Wildman–Crippen MR) is 94.2 cm³/mol. The van der Waals surface area contributed by atoms with Gasteiger partial charge in [-0.05, 0) is 31.4 Å². The first-order chi connectivity index (χ1) is 12.3. The van der Waals surface area contributed by atoms with Crippen molar-refractivity contribution >= 4 is 35.3 Å². The Labute approximate surface area is 152 Å². The summed E-state index contributed by atoms with van der Waals surface area (Å²) in [6.07, 6.45) is 1.21. The van der Waals surface area contributed by atoms with Crippen molar-refractivity contribution in [3.05, 3.63) is 47.7 Å². The first kappa shape index (κ1) is 19.8. The third kappa shape index (κ3) is 5.22. The lowest BCUT2D eigenvalue weighted by Gasteiger charge is -2.15. The fraction of sp³-hybridized carbons (Fsp3) is 0.235. The highest BCUT2D eigenvalue weighted by Gasteiger charge is 2.33. The van der Waals surface area contributed by atoms with E-state index in [2.05, 4.69) is 15.3 Å². The number of aromatic nitrogens is 2. The van der Waals surface area contributed by atoms with Gasteiger partial charge in [-0.15, -0.1) is 0 Å². The molecule has 1 aromatic carbocycles. The quantitative estimate of drug-likeness (QED) is 0.342. The maximum Gasteiger partial charge on any atom is 0.418 e. The number of benzene rings is 1. The molecule has 1 aromatic heterocycles. The van der Waals surface area contributed by atoms with Gasteiger partial charge in [0.2, 0.25) is 0 Å². The number of hydrogen-bond donors (Lipinski definition) is 1. The number of ether oxygens (including phenoxy) is 1. The lowest BCUT2D eigenvalue weighted by molar-refractivity contribution is -0.137. The highest BCUT2D eigenvalue weighted by molar-refractivity contribution is 7.98. The molecule has 2 rings (SSSR count). The number of rotatable bonds is 6. The average Bonchev–Trinajstić information content (AvgIpc) is 2.60. The molecule has 0 atom stereocenters. The molecular formula is C17H16F3N3O2S. The highest BCUT2D eigenvalue weighted by Crippen LogP contribution is 2.36. The van der Waals surface area contributed by atoms with Gasteiger partial charge in [-0.1, -0.05) is 23.9 Å². The molecule has 0 saturated carbocycles. The molecule has 1 heterocycles. The number of anilines is 2. The van der Waals surface area contributed by atoms with Crippen molar-refractivity contribution in [3.63, 3.8) is 0 Å². The van der Waals surface area contributed by atoms with Crippen LogP contribution in [0, 0.1) is 0 Å². The first-order valence-corrected chi connectivity index (χ1v) is 8.76. The number of hydrogen-bond acceptors (Lipinski definition) is 6. The van der Waals surface area contributed by atoms with Crippen molar-refractivity contribution in [1.82, 2.24) is 9.97 Å². The van der Waals surface area contributed by atoms with E-state index in [9.17, 15) is 18.0 Å². The molecule has 0 aliphatic carbocycles. The van der Waals surface area contributed by atoms with E-state index >= 15 is 0 Å². The minimum absolute atomic E-state index is 0.142. The van der Waals surface area contributed by atoms with Crippen molar-refractivity contribution in [1.29, 1.82) is 0 Å². The zero-order valence-corrected chi connectivity index (χ0v) is 14.8. The van der Waals surface area contributed by atoms with E-state index in [-0.39, 0.29) is 18.1 Å². The van der Waals surface area contributed by atoms with Crippen molar-refractivity contribution in [2.75, 3.05) is 18.2 Å². The fourth-order valence-corrected chi connectivity index (χ4v) is 2.35. The van der Waals surface area contributed by atoms with Crippen LogP contribution < -0.4 is 5.32 Å². The number of para-hydroxylation sites is 1. The van der Waals surface area contributed by atoms with Crippen LogP contribution in [-0.2, 0) is 15.7 Å². The predicted octanol–water partition coefficient (Wildman–Crippen LogP) is 4.54. The van der Waals surface area contributed by atoms with Crippen LogP contribution in [0.25, 0.3) is 6.08 Å². The Morgan fingerprint density at radius 2 is 2.08 bits per heavy atom. The van der Waals surface area contributed by atoms with Crippen molar-refractivity contribution in [2.24, 2.45) is 0 Å². The summed E-state index contributed by atoms with van der Waals surface area (Å²) in [6.45, 7) is 1.89. The van der Waals surface area contributed by atoms with Crippen molar-refractivity contribution in [2.45, 2.75) is 18.3 Å². The standard InChI is InChI=1S/C17H16F3N3O2S/c1-3-25-14(24)9-8-11-10-21-16(26-2)23-15(11)22-13-7-5-4-6-12(13)17(18,19)20/h4-10H,3H2,1-2H3,(H,21,22,23)/b9-8+. The average molecular weight is 383 g/mol. The minimum Gasteiger partial charge on any atom is -0.463 e. The van der Waals surface area contributed by atoms with Crippen LogP contribution in [0.4, 0.5) is 24.7 Å². The zero-order chi connectivity index (χ0) is 19.2. The molecule has 1 N–H and O–H groups in total. The second-order valence-electron chi connectivity index (χ2n) is 4.91. The van der Waals surface area contributed by atoms with Crippen LogP contribution >= 0.6 is 11.8 Å². The molecule has 0 fully saturated rings. The Bertz CT molecular complexity index is 810. The topological polar surface area (TPSA) is 64.1 Å². The Morgan fingerprint density at radius 3 is 2.73 bits per heavy atom. The molecule has 9 heteroatoms. The molecule has 5 nitrogen and oxygen atoms in total. The molecule has 0 spiro atoms. The summed E-state index contributed by atoms with van der Waals surface area (Å²) in [5.41, 5.74) is -0.603. The fourth-order valence-electron chi connectivity index (χ4n) is 2.01. The van der Waals surface area contributed by atoms with Gasteiger partial charge in [0.05, 0.1) is 17.9 Å². The van der Waals surface area contributed by atoms with Crippen molar-refractivity contribution in [3.8, 4) is 0 Å². The van der Waals surface area contributed by atoms with Crippen molar-refractivity contribution < 1.29 is 22.7 Å². The van der Waals surface area contributed by atoms with E-state index in [4.69, 9.17) is 4.74 Å². The largest absolute Gasteiger partial charge is 0.463 e. The van der Waals surface area contributed by atoms with Crippen LogP contribution in [0.2, 0.25) is 0 Å². The smallest absolute Gasteiger partial charge is 0.418 e. The molecule has 0 saturated heterocycles. The molecule has 26 heavy (non-hydrogen) atoms. The molecule has 0 aliphatic rings. The number of halogens is 3. The SMILES string of the molecule is CCOC(=O)/C=C/c1cnc(SC)nc1Nc1ccccc1C(F)(F)F. The number of nitrogens with one attached hydrogen (secondary N) is 1. The molecule has 0 amide bonds. The van der Waals surface area contributed by atoms with Crippen LogP contribution in [0.15, 0.2) is 41.7 Å². The van der Waals surface area contributed by atoms with Gasteiger partial charge in [0.1, 0.15) is 5.82 Å². The van der Waals surface area contributed by atoms with E-state index in [1.807, 2.05) is 0 Å². The van der Waals surface area contributed by atoms with Crippen LogP contribution in [-0.4, -0.2) is 28.8 Å². The zero-order valence-electron chi connectivity index (χ0n) is 14.0. The number of carbonyl (C=O) groups is 1. The molecular weight excluding hydrogens is 367 g/mol. The van der Waals surface area contributed by atoms with Gasteiger partial charge in [-0.2, -0.15) is 13.2 Å². The molecule has 2 aromatic rings. The summed E-state index contributed by atoms with van der Waals surface area (Å²) < 4.78 is 44.3. The normalized spacial score (nSPS) is 11.6. The first-order valence-electron chi connectivity index (χ1n) is 7.54. The van der Waals surface area contributed by atoms with Gasteiger partial charge < -0.3 is 10.1 Å². The van der Waals surface area contributed by atoms with Gasteiger partial charge >= 0.3 is 12.1 Å². The second kappa shape index (κ2) is 8.70. The minimum atomic E-state index is -4.51. The Morgan fingerprint density at radius 1 is 1.35 bits per heavy atom. The van der Waals surface area contributed by atoms with Gasteiger partial charge in [0.15, 0.2) is 5.16 Å². The summed E-state index contributed by atoms with van der Waals surface area (Å²) in [5, 5.41) is 3.07. The third-order valence-electron chi connectivity index (χ3n) is 3.15. The van der Waals surface area contributed by atoms with Gasteiger partial charge in [-0.25, -0.2) is 14.8 Å². The lowest BCUT2D eigenvalue weighted by atomic mass is 10.1. The van der Waals surface area contributed by atoms with E-state index < -0.39 is 17.7 Å². The molecule has 0 bridgehead atoms. The van der Waals surface area contributed by atoms with E-state index in [0.717, 1.165) is 6.07 Å². The number of alkyl halides is 3. The maximum atomic E-state index is 13.2. The molecule has 0 radical (unpaired) electrons. The monoisotopic (exact) mass is 383 g/mol. The van der Waals surface area contributed by atoms with E-state index in [0.29, 0.717) is 10.7 Å². The summed E-state index contributed by atoms with van der Waals surface area (Å²) in [4.78, 5) is 19.8. The van der Waals surface area contributed by atoms with Gasteiger partial charge in [0.25, 0.3) is 0 Å². The van der Waals surface area contributed by atoms with Crippen LogP contribution in [0.5, 0.6) is 0 Å². The highest BCUT2D eigenvalue weighted by atomic mass is 32.2. The summed E-state index contributed by atoms with van der Waals surface area (Å²) >= 11 is 1.24. The number of thioether (sulfide) groups is 1. The lowest BCUT2D eigenvalue weighted by Crippen LogP contribution is -2.10. The maximum absolute atomic E-state index is 13.2. The summed E-state index contributed by atoms with van der Waals surface area (Å²) in [5.74, 6) is -0.412. The van der Waals surface area contributed by atoms with Crippen LogP contribution in [0.1, 0.15) is 18.1 Å². The molecule has 0 aliphatic heterocycles. The molecule has 0 unspecified atom stereocenters. The van der Waals surface area contributed by atoms with Gasteiger partial charge in [0, 0.05) is 17.8 Å². The number of carbonyl (C=O) groups excluding carboxylic acids is 1. The van der Waals surface area contributed by atoms with E-state index in [1.54, 1.807) is 13.2 Å². The Hall–Kier alpha value is -2.55. The van der Waals surface area contributed by atoms with Crippen LogP contribution in [0.3, 0.4) is 0 Å². The Balaban J connectivity index is 2.41. The number of esters is 1. The third-order valence-corrected chi connectivity index (χ3v) is 3.71. The Kier molecular flexibility index (Phi) is 6.62. The van der Waals surface area contributed by atoms with Gasteiger partial charge in [-0.3, -0.25) is 0 Å². The second-order valence-corrected chi connectivity index (χ2v) is 5.69. The summed E-state index contributed by atoms with van der Waals surface area (Å²) in [6, 6.07) is 5.08. The number of nitrogens with zero attached hydrogens (tertiary/aromatic N) is 2. The molecule has 138 valence electrons.